The van der Waals surface area contributed by atoms with Crippen LogP contribution in [0.3, 0.4) is 0 Å². The number of aryl methyl sites for hydroxylation is 1. The van der Waals surface area contributed by atoms with Crippen LogP contribution in [0.4, 0.5) is 0 Å². The maximum atomic E-state index is 10.5. The third kappa shape index (κ3) is 3.27. The Hall–Kier alpha value is -2.18. The van der Waals surface area contributed by atoms with Crippen molar-refractivity contribution in [2.75, 3.05) is 19.7 Å². The molecule has 6 nitrogen and oxygen atoms in total. The Labute approximate surface area is 153 Å². The van der Waals surface area contributed by atoms with E-state index >= 15 is 0 Å². The van der Waals surface area contributed by atoms with Gasteiger partial charge in [0, 0.05) is 12.5 Å². The minimum atomic E-state index is -0.290. The molecule has 0 spiro atoms. The van der Waals surface area contributed by atoms with Crippen molar-refractivity contribution in [3.63, 3.8) is 0 Å². The molecule has 26 heavy (non-hydrogen) atoms. The van der Waals surface area contributed by atoms with Gasteiger partial charge in [-0.25, -0.2) is 0 Å². The second kappa shape index (κ2) is 7.21. The standard InChI is InChI=1S/C20H25N3O3/c1-3-4-15-11-16(20-21-13(2)26-22-20)5-6-18(15)25-12-17-19(24)14-7-9-23(17)10-8-14/h3,5-6,11,14,17,19,24H,1,4,7-10,12H2,2H3. The maximum Gasteiger partial charge on any atom is 0.223 e. The van der Waals surface area contributed by atoms with Crippen LogP contribution in [-0.2, 0) is 6.42 Å². The summed E-state index contributed by atoms with van der Waals surface area (Å²) in [7, 11) is 0. The van der Waals surface area contributed by atoms with Gasteiger partial charge in [-0.3, -0.25) is 4.90 Å². The van der Waals surface area contributed by atoms with Crippen molar-refractivity contribution in [2.24, 2.45) is 5.92 Å². The van der Waals surface area contributed by atoms with Gasteiger partial charge in [0.2, 0.25) is 11.7 Å². The normalized spacial score (nSPS) is 27.5. The van der Waals surface area contributed by atoms with Crippen molar-refractivity contribution in [3.8, 4) is 17.1 Å². The van der Waals surface area contributed by atoms with Crippen LogP contribution in [0.25, 0.3) is 11.4 Å². The van der Waals surface area contributed by atoms with E-state index in [1.54, 1.807) is 6.92 Å². The molecule has 5 rings (SSSR count). The zero-order valence-electron chi connectivity index (χ0n) is 15.1. The minimum Gasteiger partial charge on any atom is -0.492 e. The summed E-state index contributed by atoms with van der Waals surface area (Å²) >= 11 is 0. The van der Waals surface area contributed by atoms with Crippen molar-refractivity contribution in [1.29, 1.82) is 0 Å². The highest BCUT2D eigenvalue weighted by atomic mass is 16.5. The molecule has 6 heteroatoms. The Morgan fingerprint density at radius 1 is 1.38 bits per heavy atom. The van der Waals surface area contributed by atoms with Gasteiger partial charge in [-0.1, -0.05) is 11.2 Å². The number of allylic oxidation sites excluding steroid dienone is 1. The second-order valence-corrected chi connectivity index (χ2v) is 7.19. The van der Waals surface area contributed by atoms with E-state index in [0.717, 1.165) is 42.8 Å². The molecule has 2 unspecified atom stereocenters. The molecule has 1 aromatic carbocycles. The third-order valence-corrected chi connectivity index (χ3v) is 5.54. The minimum absolute atomic E-state index is 0.0821. The van der Waals surface area contributed by atoms with Crippen LogP contribution in [-0.4, -0.2) is 52.0 Å². The summed E-state index contributed by atoms with van der Waals surface area (Å²) in [4.78, 5) is 6.64. The van der Waals surface area contributed by atoms with Gasteiger partial charge >= 0.3 is 0 Å². The lowest BCUT2D eigenvalue weighted by Crippen LogP contribution is -2.59. The lowest BCUT2D eigenvalue weighted by molar-refractivity contribution is -0.0850. The molecule has 3 aliphatic heterocycles. The summed E-state index contributed by atoms with van der Waals surface area (Å²) in [5.41, 5.74) is 1.93. The molecule has 2 bridgehead atoms. The molecule has 138 valence electrons. The van der Waals surface area contributed by atoms with Gasteiger partial charge in [0.15, 0.2) is 0 Å². The van der Waals surface area contributed by atoms with E-state index in [1.165, 1.54) is 0 Å². The first-order valence-corrected chi connectivity index (χ1v) is 9.25. The van der Waals surface area contributed by atoms with E-state index in [4.69, 9.17) is 9.26 Å². The van der Waals surface area contributed by atoms with Crippen LogP contribution in [0, 0.1) is 12.8 Å². The molecule has 2 aromatic rings. The largest absolute Gasteiger partial charge is 0.492 e. The number of aliphatic hydroxyl groups is 1. The van der Waals surface area contributed by atoms with E-state index in [9.17, 15) is 5.11 Å². The fraction of sp³-hybridized carbons (Fsp3) is 0.500. The van der Waals surface area contributed by atoms with Gasteiger partial charge in [-0.15, -0.1) is 6.58 Å². The molecule has 0 amide bonds. The van der Waals surface area contributed by atoms with E-state index < -0.39 is 0 Å². The van der Waals surface area contributed by atoms with Crippen LogP contribution >= 0.6 is 0 Å². The quantitative estimate of drug-likeness (QED) is 0.803. The molecule has 0 radical (unpaired) electrons. The molecule has 3 fully saturated rings. The zero-order chi connectivity index (χ0) is 18.1. The molecule has 1 aromatic heterocycles. The molecule has 2 atom stereocenters. The summed E-state index contributed by atoms with van der Waals surface area (Å²) in [6.45, 7) is 8.24. The number of ether oxygens (including phenoxy) is 1. The number of aromatic nitrogens is 2. The summed E-state index contributed by atoms with van der Waals surface area (Å²) in [6, 6.07) is 5.99. The number of hydrogen-bond donors (Lipinski definition) is 1. The van der Waals surface area contributed by atoms with Crippen molar-refractivity contribution >= 4 is 0 Å². The zero-order valence-corrected chi connectivity index (χ0v) is 15.1. The third-order valence-electron chi connectivity index (χ3n) is 5.54. The molecule has 4 heterocycles. The van der Waals surface area contributed by atoms with Crippen LogP contribution in [0.15, 0.2) is 35.4 Å². The Bertz CT molecular complexity index is 778. The first kappa shape index (κ1) is 17.2. The molecular weight excluding hydrogens is 330 g/mol. The van der Waals surface area contributed by atoms with Crippen molar-refractivity contribution in [1.82, 2.24) is 15.0 Å². The van der Waals surface area contributed by atoms with Crippen LogP contribution in [0.1, 0.15) is 24.3 Å². The monoisotopic (exact) mass is 355 g/mol. The Morgan fingerprint density at radius 3 is 2.85 bits per heavy atom. The topological polar surface area (TPSA) is 71.6 Å². The summed E-state index contributed by atoms with van der Waals surface area (Å²) in [5.74, 6) is 2.36. The van der Waals surface area contributed by atoms with Crippen LogP contribution in [0.5, 0.6) is 5.75 Å². The molecule has 0 aliphatic carbocycles. The molecule has 3 aliphatic rings. The Morgan fingerprint density at radius 2 is 2.19 bits per heavy atom. The fourth-order valence-corrected chi connectivity index (χ4v) is 4.09. The molecular formula is C20H25N3O3. The van der Waals surface area contributed by atoms with Crippen molar-refractivity contribution < 1.29 is 14.4 Å². The molecule has 1 N–H and O–H groups in total. The van der Waals surface area contributed by atoms with Crippen molar-refractivity contribution in [3.05, 3.63) is 42.3 Å². The highest BCUT2D eigenvalue weighted by Gasteiger charge is 2.41. The van der Waals surface area contributed by atoms with E-state index in [1.807, 2.05) is 24.3 Å². The van der Waals surface area contributed by atoms with Gasteiger partial charge in [-0.2, -0.15) is 4.98 Å². The van der Waals surface area contributed by atoms with E-state index in [2.05, 4.69) is 21.6 Å². The lowest BCUT2D eigenvalue weighted by Gasteiger charge is -2.48. The fourth-order valence-electron chi connectivity index (χ4n) is 4.09. The SMILES string of the molecule is C=CCc1cc(-c2noc(C)n2)ccc1OCC1C(O)C2CCN1CC2. The number of rotatable bonds is 6. The predicted octanol–water partition coefficient (Wildman–Crippen LogP) is 2.61. The average Bonchev–Trinajstić information content (AvgIpc) is 3.09. The maximum absolute atomic E-state index is 10.5. The van der Waals surface area contributed by atoms with Gasteiger partial charge in [0.05, 0.1) is 12.1 Å². The Balaban J connectivity index is 1.51. The van der Waals surface area contributed by atoms with Crippen LogP contribution in [0.2, 0.25) is 0 Å². The predicted molar refractivity (Wildman–Crippen MR) is 98.0 cm³/mol. The van der Waals surface area contributed by atoms with Gasteiger partial charge in [0.25, 0.3) is 0 Å². The number of nitrogens with zero attached hydrogens (tertiary/aromatic N) is 3. The van der Waals surface area contributed by atoms with Gasteiger partial charge in [0.1, 0.15) is 12.4 Å². The van der Waals surface area contributed by atoms with Gasteiger partial charge < -0.3 is 14.4 Å². The van der Waals surface area contributed by atoms with E-state index in [0.29, 0.717) is 30.7 Å². The number of aliphatic hydroxyl groups excluding tert-OH is 1. The summed E-state index contributed by atoms with van der Waals surface area (Å²) in [6.07, 6.45) is 4.45. The second-order valence-electron chi connectivity index (χ2n) is 7.19. The first-order chi connectivity index (χ1) is 12.7. The first-order valence-electron chi connectivity index (χ1n) is 9.25. The average molecular weight is 355 g/mol. The van der Waals surface area contributed by atoms with Crippen molar-refractivity contribution in [2.45, 2.75) is 38.3 Å². The number of benzene rings is 1. The number of hydrogen-bond acceptors (Lipinski definition) is 6. The highest BCUT2D eigenvalue weighted by Crippen LogP contribution is 2.33. The van der Waals surface area contributed by atoms with Gasteiger partial charge in [-0.05, 0) is 62.0 Å². The summed E-state index contributed by atoms with van der Waals surface area (Å²) in [5, 5.41) is 14.5. The number of fused-ring (bicyclic) bond motifs is 3. The number of piperidine rings is 3. The summed E-state index contributed by atoms with van der Waals surface area (Å²) < 4.78 is 11.2. The Kier molecular flexibility index (Phi) is 4.78. The molecule has 3 saturated heterocycles. The lowest BCUT2D eigenvalue weighted by atomic mass is 9.81. The smallest absolute Gasteiger partial charge is 0.223 e. The van der Waals surface area contributed by atoms with Crippen LogP contribution < -0.4 is 4.74 Å². The molecule has 0 saturated carbocycles. The highest BCUT2D eigenvalue weighted by molar-refractivity contribution is 5.58. The van der Waals surface area contributed by atoms with E-state index in [-0.39, 0.29) is 12.1 Å².